The van der Waals surface area contributed by atoms with Crippen molar-refractivity contribution in [2.24, 2.45) is 5.41 Å². The second-order valence-corrected chi connectivity index (χ2v) is 4.90. The van der Waals surface area contributed by atoms with E-state index in [1.165, 1.54) is 0 Å². The second-order valence-electron chi connectivity index (χ2n) is 4.90. The molecule has 1 atom stereocenters. The topological polar surface area (TPSA) is 26.7 Å². The largest absolute Gasteiger partial charge is 0.396 e. The molecule has 0 amide bonds. The van der Waals surface area contributed by atoms with Crippen LogP contribution in [0.4, 0.5) is 8.78 Å². The van der Waals surface area contributed by atoms with Gasteiger partial charge in [-0.25, -0.2) is 8.78 Å². The van der Waals surface area contributed by atoms with Crippen molar-refractivity contribution in [2.75, 3.05) is 46.4 Å². The van der Waals surface area contributed by atoms with Crippen molar-refractivity contribution in [3.8, 4) is 0 Å². The summed E-state index contributed by atoms with van der Waals surface area (Å²) < 4.78 is 26.2. The van der Waals surface area contributed by atoms with Gasteiger partial charge in [-0.1, -0.05) is 0 Å². The maximum Gasteiger partial charge on any atom is 0.258 e. The molecule has 0 aromatic heterocycles. The molecule has 1 saturated carbocycles. The van der Waals surface area contributed by atoms with Crippen LogP contribution in [0.25, 0.3) is 0 Å². The molecule has 1 heterocycles. The van der Waals surface area contributed by atoms with E-state index in [-0.39, 0.29) is 6.42 Å². The zero-order chi connectivity index (χ0) is 11.1. The number of nitrogens with zero attached hydrogens (tertiary/aromatic N) is 2. The standard InChI is InChI=1S/C10H18F2N2O/c1-13-2-4-14(5-3-13)7-9(8-15)6-10(9,11)12/h15H,2-8H2,1H3. The van der Waals surface area contributed by atoms with Gasteiger partial charge in [0.05, 0.1) is 12.0 Å². The van der Waals surface area contributed by atoms with Crippen molar-refractivity contribution in [1.29, 1.82) is 0 Å². The molecule has 0 bridgehead atoms. The Bertz CT molecular complexity index is 242. The number of aliphatic hydroxyl groups is 1. The van der Waals surface area contributed by atoms with Gasteiger partial charge in [0, 0.05) is 39.1 Å². The molecule has 1 aliphatic heterocycles. The molecule has 1 N–H and O–H groups in total. The fourth-order valence-electron chi connectivity index (χ4n) is 2.21. The molecule has 3 nitrogen and oxygen atoms in total. The number of rotatable bonds is 3. The number of hydrogen-bond acceptors (Lipinski definition) is 3. The van der Waals surface area contributed by atoms with E-state index in [0.29, 0.717) is 6.54 Å². The monoisotopic (exact) mass is 220 g/mol. The van der Waals surface area contributed by atoms with Gasteiger partial charge in [0.1, 0.15) is 0 Å². The summed E-state index contributed by atoms with van der Waals surface area (Å²) in [6.45, 7) is 3.44. The minimum atomic E-state index is -2.65. The summed E-state index contributed by atoms with van der Waals surface area (Å²) in [7, 11) is 2.03. The number of alkyl halides is 2. The fraction of sp³-hybridized carbons (Fsp3) is 1.00. The summed E-state index contributed by atoms with van der Waals surface area (Å²) in [6, 6.07) is 0. The minimum Gasteiger partial charge on any atom is -0.396 e. The maximum absolute atomic E-state index is 13.1. The van der Waals surface area contributed by atoms with Gasteiger partial charge in [0.15, 0.2) is 0 Å². The Morgan fingerprint density at radius 3 is 2.13 bits per heavy atom. The molecular formula is C10H18F2N2O. The van der Waals surface area contributed by atoms with Crippen LogP contribution in [0.2, 0.25) is 0 Å². The molecule has 88 valence electrons. The van der Waals surface area contributed by atoms with E-state index in [0.717, 1.165) is 26.2 Å². The minimum absolute atomic E-state index is 0.150. The molecule has 0 aromatic rings. The SMILES string of the molecule is CN1CCN(CC2(CO)CC2(F)F)CC1. The number of hydrogen-bond donors (Lipinski definition) is 1. The van der Waals surface area contributed by atoms with Gasteiger partial charge in [0.2, 0.25) is 0 Å². The third-order valence-corrected chi connectivity index (χ3v) is 3.64. The van der Waals surface area contributed by atoms with Crippen LogP contribution in [0, 0.1) is 5.41 Å². The van der Waals surface area contributed by atoms with Crippen LogP contribution in [0.15, 0.2) is 0 Å². The van der Waals surface area contributed by atoms with Crippen molar-refractivity contribution in [2.45, 2.75) is 12.3 Å². The first-order chi connectivity index (χ1) is 6.99. The highest BCUT2D eigenvalue weighted by atomic mass is 19.3. The molecular weight excluding hydrogens is 202 g/mol. The van der Waals surface area contributed by atoms with Crippen molar-refractivity contribution in [3.63, 3.8) is 0 Å². The molecule has 0 radical (unpaired) electrons. The highest BCUT2D eigenvalue weighted by Gasteiger charge is 2.70. The maximum atomic E-state index is 13.1. The van der Waals surface area contributed by atoms with E-state index in [1.807, 2.05) is 11.9 Å². The lowest BCUT2D eigenvalue weighted by atomic mass is 10.1. The van der Waals surface area contributed by atoms with Gasteiger partial charge in [-0.3, -0.25) is 4.90 Å². The average Bonchev–Trinajstić information content (AvgIpc) is 2.73. The first-order valence-electron chi connectivity index (χ1n) is 5.39. The van der Waals surface area contributed by atoms with Crippen LogP contribution < -0.4 is 0 Å². The molecule has 2 fully saturated rings. The van der Waals surface area contributed by atoms with Gasteiger partial charge in [-0.05, 0) is 7.05 Å². The first-order valence-corrected chi connectivity index (χ1v) is 5.39. The van der Waals surface area contributed by atoms with E-state index in [9.17, 15) is 8.78 Å². The quantitative estimate of drug-likeness (QED) is 0.738. The van der Waals surface area contributed by atoms with Crippen LogP contribution in [0.3, 0.4) is 0 Å². The molecule has 2 rings (SSSR count). The van der Waals surface area contributed by atoms with Crippen LogP contribution in [-0.2, 0) is 0 Å². The molecule has 1 saturated heterocycles. The van der Waals surface area contributed by atoms with Gasteiger partial charge in [-0.15, -0.1) is 0 Å². The highest BCUT2D eigenvalue weighted by Crippen LogP contribution is 2.60. The summed E-state index contributed by atoms with van der Waals surface area (Å²) in [6.07, 6.45) is -0.150. The van der Waals surface area contributed by atoms with Gasteiger partial charge < -0.3 is 10.0 Å². The van der Waals surface area contributed by atoms with Crippen LogP contribution in [0.1, 0.15) is 6.42 Å². The van der Waals surface area contributed by atoms with Crippen molar-refractivity contribution in [3.05, 3.63) is 0 Å². The number of aliphatic hydroxyl groups excluding tert-OH is 1. The Morgan fingerprint density at radius 2 is 1.73 bits per heavy atom. The molecule has 2 aliphatic rings. The third-order valence-electron chi connectivity index (χ3n) is 3.64. The Labute approximate surface area is 88.7 Å². The zero-order valence-corrected chi connectivity index (χ0v) is 9.05. The average molecular weight is 220 g/mol. The first kappa shape index (κ1) is 11.2. The smallest absolute Gasteiger partial charge is 0.258 e. The van der Waals surface area contributed by atoms with E-state index >= 15 is 0 Å². The van der Waals surface area contributed by atoms with Crippen molar-refractivity contribution in [1.82, 2.24) is 9.80 Å². The van der Waals surface area contributed by atoms with Crippen molar-refractivity contribution >= 4 is 0 Å². The summed E-state index contributed by atoms with van der Waals surface area (Å²) in [5, 5.41) is 9.06. The van der Waals surface area contributed by atoms with E-state index in [2.05, 4.69) is 4.90 Å². The normalized spacial score (nSPS) is 36.8. The summed E-state index contributed by atoms with van der Waals surface area (Å²) >= 11 is 0. The van der Waals surface area contributed by atoms with E-state index in [4.69, 9.17) is 5.11 Å². The fourth-order valence-corrected chi connectivity index (χ4v) is 2.21. The highest BCUT2D eigenvalue weighted by molar-refractivity contribution is 5.11. The predicted octanol–water partition coefficient (Wildman–Crippen LogP) is 0.251. The summed E-state index contributed by atoms with van der Waals surface area (Å²) in [5.41, 5.74) is -1.14. The van der Waals surface area contributed by atoms with Gasteiger partial charge in [-0.2, -0.15) is 0 Å². The molecule has 1 unspecified atom stereocenters. The Morgan fingerprint density at radius 1 is 1.20 bits per heavy atom. The van der Waals surface area contributed by atoms with Crippen LogP contribution in [0.5, 0.6) is 0 Å². The third kappa shape index (κ3) is 2.00. The lowest BCUT2D eigenvalue weighted by Crippen LogP contribution is -2.47. The molecule has 0 spiro atoms. The zero-order valence-electron chi connectivity index (χ0n) is 9.05. The predicted molar refractivity (Wildman–Crippen MR) is 53.0 cm³/mol. The van der Waals surface area contributed by atoms with Gasteiger partial charge in [0.25, 0.3) is 5.92 Å². The summed E-state index contributed by atoms with van der Waals surface area (Å²) in [4.78, 5) is 4.23. The van der Waals surface area contributed by atoms with Crippen LogP contribution >= 0.6 is 0 Å². The van der Waals surface area contributed by atoms with Crippen LogP contribution in [-0.4, -0.2) is 67.2 Å². The Kier molecular flexibility index (Phi) is 2.73. The number of halogens is 2. The second kappa shape index (κ2) is 3.64. The summed E-state index contributed by atoms with van der Waals surface area (Å²) in [5.74, 6) is -2.65. The molecule has 15 heavy (non-hydrogen) atoms. The van der Waals surface area contributed by atoms with E-state index in [1.54, 1.807) is 0 Å². The molecule has 5 heteroatoms. The van der Waals surface area contributed by atoms with E-state index < -0.39 is 17.9 Å². The lowest BCUT2D eigenvalue weighted by Gasteiger charge is -2.34. The molecule has 1 aliphatic carbocycles. The Hall–Kier alpha value is -0.260. The Balaban J connectivity index is 1.87. The van der Waals surface area contributed by atoms with Gasteiger partial charge >= 0.3 is 0 Å². The number of likely N-dealkylation sites (N-methyl/N-ethyl adjacent to an activating group) is 1. The lowest BCUT2D eigenvalue weighted by molar-refractivity contribution is 0.0109. The number of piperazine rings is 1. The van der Waals surface area contributed by atoms with Crippen molar-refractivity contribution < 1.29 is 13.9 Å². The molecule has 0 aromatic carbocycles.